The van der Waals surface area contributed by atoms with E-state index in [0.717, 1.165) is 16.8 Å². The van der Waals surface area contributed by atoms with Crippen LogP contribution >= 0.6 is 0 Å². The highest BCUT2D eigenvalue weighted by atomic mass is 16.5. The molecule has 1 aliphatic carbocycles. The lowest BCUT2D eigenvalue weighted by Crippen LogP contribution is -2.42. The van der Waals surface area contributed by atoms with Gasteiger partial charge in [0.05, 0.1) is 30.3 Å². The van der Waals surface area contributed by atoms with Gasteiger partial charge in [0.1, 0.15) is 6.10 Å². The molecule has 1 saturated carbocycles. The summed E-state index contributed by atoms with van der Waals surface area (Å²) in [6, 6.07) is 12.2. The number of nitrogens with zero attached hydrogens (tertiary/aromatic N) is 3. The van der Waals surface area contributed by atoms with Crippen LogP contribution in [0.25, 0.3) is 0 Å². The minimum atomic E-state index is -0.187. The molecule has 1 aromatic heterocycles. The Hall–Kier alpha value is -2.58. The second kappa shape index (κ2) is 6.62. The first-order valence-electron chi connectivity index (χ1n) is 9.18. The largest absolute Gasteiger partial charge is 0.370 e. The summed E-state index contributed by atoms with van der Waals surface area (Å²) in [5, 5.41) is 9.10. The number of rotatable bonds is 3. The molecular weight excluding hydrogens is 326 g/mol. The highest BCUT2D eigenvalue weighted by Crippen LogP contribution is 2.38. The molecule has 2 aliphatic rings. The highest BCUT2D eigenvalue weighted by Gasteiger charge is 2.31. The maximum Gasteiger partial charge on any atom is 0.255 e. The first kappa shape index (κ1) is 16.9. The number of hydrogen-bond acceptors (Lipinski definition) is 3. The van der Waals surface area contributed by atoms with Crippen LogP contribution in [0.5, 0.6) is 0 Å². The van der Waals surface area contributed by atoms with Gasteiger partial charge in [-0.1, -0.05) is 12.1 Å². The summed E-state index contributed by atoms with van der Waals surface area (Å²) in [4.78, 5) is 15.0. The first-order valence-corrected chi connectivity index (χ1v) is 9.18. The molecule has 0 spiro atoms. The van der Waals surface area contributed by atoms with Crippen LogP contribution in [0.3, 0.4) is 0 Å². The number of aromatic nitrogens is 1. The van der Waals surface area contributed by atoms with Gasteiger partial charge in [-0.15, -0.1) is 0 Å². The summed E-state index contributed by atoms with van der Waals surface area (Å²) in [6.07, 6.45) is 2.23. The summed E-state index contributed by atoms with van der Waals surface area (Å²) < 4.78 is 8.19. The molecule has 0 radical (unpaired) electrons. The van der Waals surface area contributed by atoms with Crippen molar-refractivity contribution in [1.29, 1.82) is 5.26 Å². The molecule has 1 saturated heterocycles. The van der Waals surface area contributed by atoms with Crippen LogP contribution in [-0.2, 0) is 4.74 Å². The van der Waals surface area contributed by atoms with E-state index in [9.17, 15) is 4.79 Å². The smallest absolute Gasteiger partial charge is 0.255 e. The minimum Gasteiger partial charge on any atom is -0.370 e. The number of nitriles is 1. The van der Waals surface area contributed by atoms with Crippen molar-refractivity contribution in [1.82, 2.24) is 9.47 Å². The molecule has 5 heteroatoms. The molecule has 1 aromatic carbocycles. The van der Waals surface area contributed by atoms with Crippen molar-refractivity contribution >= 4 is 5.91 Å². The van der Waals surface area contributed by atoms with Crippen molar-refractivity contribution in [3.05, 3.63) is 58.4 Å². The number of morpholine rings is 1. The summed E-state index contributed by atoms with van der Waals surface area (Å²) in [5.41, 5.74) is 4.61. The average Bonchev–Trinajstić information content (AvgIpc) is 3.46. The second-order valence-corrected chi connectivity index (χ2v) is 7.23. The number of carbonyl (C=O) groups excluding carboxylic acids is 1. The number of hydrogen-bond donors (Lipinski definition) is 0. The van der Waals surface area contributed by atoms with E-state index >= 15 is 0 Å². The van der Waals surface area contributed by atoms with Gasteiger partial charge < -0.3 is 14.2 Å². The fraction of sp³-hybridized carbons (Fsp3) is 0.429. The fourth-order valence-corrected chi connectivity index (χ4v) is 3.90. The summed E-state index contributed by atoms with van der Waals surface area (Å²) >= 11 is 0. The molecule has 5 nitrogen and oxygen atoms in total. The molecule has 1 unspecified atom stereocenters. The maximum absolute atomic E-state index is 13.1. The van der Waals surface area contributed by atoms with Crippen molar-refractivity contribution in [2.75, 3.05) is 19.7 Å². The van der Waals surface area contributed by atoms with E-state index in [0.29, 0.717) is 31.3 Å². The van der Waals surface area contributed by atoms with Gasteiger partial charge in [-0.05, 0) is 50.5 Å². The summed E-state index contributed by atoms with van der Waals surface area (Å²) in [5.74, 6) is 0.0785. The standard InChI is InChI=1S/C21H23N3O2/c1-14-10-19(15(2)24(14)18-6-7-18)21(25)23-8-9-26-20(13-23)17-5-3-4-16(11-17)12-22/h3-5,10-11,18,20H,6-9,13H2,1-2H3. The van der Waals surface area contributed by atoms with E-state index in [4.69, 9.17) is 10.00 Å². The summed E-state index contributed by atoms with van der Waals surface area (Å²) in [6.45, 7) is 5.75. The van der Waals surface area contributed by atoms with Crippen molar-refractivity contribution in [2.45, 2.75) is 38.8 Å². The van der Waals surface area contributed by atoms with Gasteiger partial charge >= 0.3 is 0 Å². The highest BCUT2D eigenvalue weighted by molar-refractivity contribution is 5.95. The number of aryl methyl sites for hydroxylation is 1. The molecule has 2 heterocycles. The van der Waals surface area contributed by atoms with Crippen LogP contribution in [0.1, 0.15) is 57.9 Å². The third kappa shape index (κ3) is 3.02. The van der Waals surface area contributed by atoms with E-state index in [1.54, 1.807) is 6.07 Å². The topological polar surface area (TPSA) is 58.3 Å². The normalized spacial score (nSPS) is 20.0. The van der Waals surface area contributed by atoms with E-state index in [2.05, 4.69) is 17.6 Å². The third-order valence-corrected chi connectivity index (χ3v) is 5.37. The Labute approximate surface area is 153 Å². The fourth-order valence-electron chi connectivity index (χ4n) is 3.90. The number of benzene rings is 1. The quantitative estimate of drug-likeness (QED) is 0.852. The van der Waals surface area contributed by atoms with Crippen molar-refractivity contribution < 1.29 is 9.53 Å². The van der Waals surface area contributed by atoms with Crippen molar-refractivity contribution in [3.8, 4) is 6.07 Å². The Balaban J connectivity index is 1.55. The molecule has 134 valence electrons. The molecule has 1 atom stereocenters. The van der Waals surface area contributed by atoms with E-state index in [1.807, 2.05) is 36.1 Å². The zero-order valence-corrected chi connectivity index (χ0v) is 15.2. The van der Waals surface area contributed by atoms with Gasteiger partial charge in [-0.3, -0.25) is 4.79 Å². The molecule has 26 heavy (non-hydrogen) atoms. The van der Waals surface area contributed by atoms with E-state index in [1.165, 1.54) is 18.5 Å². The molecule has 2 fully saturated rings. The first-order chi connectivity index (χ1) is 12.6. The van der Waals surface area contributed by atoms with Gasteiger partial charge in [0, 0.05) is 24.0 Å². The second-order valence-electron chi connectivity index (χ2n) is 7.23. The number of carbonyl (C=O) groups is 1. The van der Waals surface area contributed by atoms with Gasteiger partial charge in [0.25, 0.3) is 5.91 Å². The Morgan fingerprint density at radius 2 is 2.08 bits per heavy atom. The lowest BCUT2D eigenvalue weighted by molar-refractivity contribution is -0.0228. The van der Waals surface area contributed by atoms with Crippen LogP contribution in [0, 0.1) is 25.2 Å². The predicted octanol–water partition coefficient (Wildman–Crippen LogP) is 3.53. The SMILES string of the molecule is Cc1cc(C(=O)N2CCOC(c3cccc(C#N)c3)C2)c(C)n1C1CC1. The number of ether oxygens (including phenoxy) is 1. The van der Waals surface area contributed by atoms with Crippen LogP contribution in [0.4, 0.5) is 0 Å². The lowest BCUT2D eigenvalue weighted by Gasteiger charge is -2.33. The summed E-state index contributed by atoms with van der Waals surface area (Å²) in [7, 11) is 0. The van der Waals surface area contributed by atoms with Gasteiger partial charge in [-0.25, -0.2) is 0 Å². The van der Waals surface area contributed by atoms with Crippen LogP contribution in [-0.4, -0.2) is 35.1 Å². The van der Waals surface area contributed by atoms with E-state index < -0.39 is 0 Å². The van der Waals surface area contributed by atoms with Gasteiger partial charge in [0.2, 0.25) is 0 Å². The van der Waals surface area contributed by atoms with Gasteiger partial charge in [-0.2, -0.15) is 5.26 Å². The van der Waals surface area contributed by atoms with Gasteiger partial charge in [0.15, 0.2) is 0 Å². The molecule has 4 rings (SSSR count). The molecule has 1 amide bonds. The zero-order valence-electron chi connectivity index (χ0n) is 15.2. The Morgan fingerprint density at radius 3 is 2.81 bits per heavy atom. The zero-order chi connectivity index (χ0) is 18.3. The van der Waals surface area contributed by atoms with Crippen LogP contribution < -0.4 is 0 Å². The average molecular weight is 349 g/mol. The predicted molar refractivity (Wildman–Crippen MR) is 97.9 cm³/mol. The third-order valence-electron chi connectivity index (χ3n) is 5.37. The Morgan fingerprint density at radius 1 is 1.27 bits per heavy atom. The molecule has 1 aliphatic heterocycles. The lowest BCUT2D eigenvalue weighted by atomic mass is 10.0. The monoisotopic (exact) mass is 349 g/mol. The minimum absolute atomic E-state index is 0.0785. The van der Waals surface area contributed by atoms with Crippen LogP contribution in [0.15, 0.2) is 30.3 Å². The Kier molecular flexibility index (Phi) is 4.29. The Bertz CT molecular complexity index is 889. The number of amides is 1. The molecular formula is C21H23N3O2. The van der Waals surface area contributed by atoms with Crippen molar-refractivity contribution in [3.63, 3.8) is 0 Å². The maximum atomic E-state index is 13.1. The molecule has 0 N–H and O–H groups in total. The van der Waals surface area contributed by atoms with Crippen LogP contribution in [0.2, 0.25) is 0 Å². The molecule has 2 aromatic rings. The van der Waals surface area contributed by atoms with Crippen molar-refractivity contribution in [2.24, 2.45) is 0 Å². The molecule has 0 bridgehead atoms. The van der Waals surface area contributed by atoms with E-state index in [-0.39, 0.29) is 12.0 Å².